The molecule has 0 fully saturated rings. The number of nitriles is 1. The van der Waals surface area contributed by atoms with Crippen LogP contribution in [0.1, 0.15) is 17.3 Å². The zero-order valence-electron chi connectivity index (χ0n) is 9.75. The van der Waals surface area contributed by atoms with Gasteiger partial charge in [-0.3, -0.25) is 14.9 Å². The van der Waals surface area contributed by atoms with Crippen molar-refractivity contribution < 1.29 is 9.72 Å². The van der Waals surface area contributed by atoms with E-state index >= 15 is 0 Å². The first-order chi connectivity index (χ1) is 8.38. The summed E-state index contributed by atoms with van der Waals surface area (Å²) >= 11 is 5.71. The Hall–Kier alpha value is -2.13. The lowest BCUT2D eigenvalue weighted by atomic mass is 10.1. The molecule has 0 radical (unpaired) electrons. The van der Waals surface area contributed by atoms with Crippen molar-refractivity contribution in [1.29, 1.82) is 5.26 Å². The van der Waals surface area contributed by atoms with E-state index in [1.165, 1.54) is 30.1 Å². The molecule has 0 aliphatic carbocycles. The van der Waals surface area contributed by atoms with Crippen LogP contribution >= 0.6 is 11.6 Å². The van der Waals surface area contributed by atoms with E-state index in [1.54, 1.807) is 6.92 Å². The lowest BCUT2D eigenvalue weighted by molar-refractivity contribution is -0.384. The molecule has 94 valence electrons. The summed E-state index contributed by atoms with van der Waals surface area (Å²) in [6.45, 7) is 1.57. The Kier molecular flexibility index (Phi) is 4.23. The summed E-state index contributed by atoms with van der Waals surface area (Å²) < 4.78 is 0. The Morgan fingerprint density at radius 3 is 2.67 bits per heavy atom. The third-order valence-corrected chi connectivity index (χ3v) is 2.78. The number of amides is 1. The third-order valence-electron chi connectivity index (χ3n) is 2.48. The van der Waals surface area contributed by atoms with Crippen LogP contribution in [0.4, 0.5) is 5.69 Å². The maximum absolute atomic E-state index is 11.9. The molecule has 1 rings (SSSR count). The highest BCUT2D eigenvalue weighted by atomic mass is 35.5. The molecular formula is C11H10ClN3O3. The molecule has 1 aromatic rings. The molecule has 1 atom stereocenters. The highest BCUT2D eigenvalue weighted by molar-refractivity contribution is 6.33. The van der Waals surface area contributed by atoms with E-state index in [2.05, 4.69) is 0 Å². The van der Waals surface area contributed by atoms with E-state index in [0.29, 0.717) is 0 Å². The van der Waals surface area contributed by atoms with E-state index in [-0.39, 0.29) is 16.3 Å². The van der Waals surface area contributed by atoms with Crippen molar-refractivity contribution in [2.45, 2.75) is 13.0 Å². The zero-order valence-corrected chi connectivity index (χ0v) is 10.5. The molecule has 0 aliphatic rings. The monoisotopic (exact) mass is 267 g/mol. The van der Waals surface area contributed by atoms with Crippen molar-refractivity contribution >= 4 is 23.2 Å². The molecule has 6 nitrogen and oxygen atoms in total. The summed E-state index contributed by atoms with van der Waals surface area (Å²) in [4.78, 5) is 23.1. The fourth-order valence-electron chi connectivity index (χ4n) is 1.25. The Morgan fingerprint density at radius 1 is 1.61 bits per heavy atom. The molecule has 0 spiro atoms. The SMILES string of the molecule is CC(C#N)N(C)C(=O)c1ccc([N+](=O)[O-])c(Cl)c1. The zero-order chi connectivity index (χ0) is 13.9. The van der Waals surface area contributed by atoms with Crippen molar-refractivity contribution in [1.82, 2.24) is 4.90 Å². The highest BCUT2D eigenvalue weighted by Crippen LogP contribution is 2.25. The Bertz CT molecular complexity index is 539. The molecule has 0 bridgehead atoms. The molecule has 1 aromatic carbocycles. The Morgan fingerprint density at radius 2 is 2.22 bits per heavy atom. The largest absolute Gasteiger partial charge is 0.326 e. The first kappa shape index (κ1) is 13.9. The summed E-state index contributed by atoms with van der Waals surface area (Å²) in [5, 5.41) is 19.2. The number of hydrogen-bond acceptors (Lipinski definition) is 4. The number of carbonyl (C=O) groups excluding carboxylic acids is 1. The molecule has 1 unspecified atom stereocenters. The number of nitro benzene ring substituents is 1. The van der Waals surface area contributed by atoms with Crippen molar-refractivity contribution in [3.8, 4) is 6.07 Å². The Labute approximate surface area is 109 Å². The van der Waals surface area contributed by atoms with Gasteiger partial charge in [-0.1, -0.05) is 11.6 Å². The van der Waals surface area contributed by atoms with Gasteiger partial charge in [-0.15, -0.1) is 0 Å². The van der Waals surface area contributed by atoms with Crippen molar-refractivity contribution in [2.75, 3.05) is 7.05 Å². The summed E-state index contributed by atoms with van der Waals surface area (Å²) in [6.07, 6.45) is 0. The normalized spacial score (nSPS) is 11.4. The van der Waals surface area contributed by atoms with Gasteiger partial charge in [0.1, 0.15) is 11.1 Å². The van der Waals surface area contributed by atoms with Crippen LogP contribution in [0.15, 0.2) is 18.2 Å². The second-order valence-corrected chi connectivity index (χ2v) is 4.05. The van der Waals surface area contributed by atoms with Crippen molar-refractivity contribution in [2.24, 2.45) is 0 Å². The smallest absolute Gasteiger partial charge is 0.287 e. The molecular weight excluding hydrogens is 258 g/mol. The van der Waals surface area contributed by atoms with Crippen LogP contribution in [0.3, 0.4) is 0 Å². The van der Waals surface area contributed by atoms with E-state index in [9.17, 15) is 14.9 Å². The minimum atomic E-state index is -0.627. The predicted molar refractivity (Wildman–Crippen MR) is 65.3 cm³/mol. The lowest BCUT2D eigenvalue weighted by Gasteiger charge is -2.19. The first-order valence-electron chi connectivity index (χ1n) is 4.99. The number of benzene rings is 1. The van der Waals surface area contributed by atoms with Crippen LogP contribution in [0.5, 0.6) is 0 Å². The number of nitro groups is 1. The molecule has 7 heteroatoms. The van der Waals surface area contributed by atoms with Gasteiger partial charge in [0.2, 0.25) is 0 Å². The quantitative estimate of drug-likeness (QED) is 0.620. The molecule has 0 aliphatic heterocycles. The topological polar surface area (TPSA) is 87.2 Å². The van der Waals surface area contributed by atoms with Gasteiger partial charge in [-0.25, -0.2) is 0 Å². The molecule has 0 saturated carbocycles. The van der Waals surface area contributed by atoms with E-state index in [0.717, 1.165) is 0 Å². The van der Waals surface area contributed by atoms with E-state index in [4.69, 9.17) is 16.9 Å². The summed E-state index contributed by atoms with van der Waals surface area (Å²) in [5.41, 5.74) is -0.0561. The highest BCUT2D eigenvalue weighted by Gasteiger charge is 2.20. The predicted octanol–water partition coefficient (Wildman–Crippen LogP) is 2.23. The number of rotatable bonds is 3. The van der Waals surface area contributed by atoms with Crippen LogP contribution in [-0.2, 0) is 0 Å². The minimum absolute atomic E-state index is 0.108. The van der Waals surface area contributed by atoms with Gasteiger partial charge in [0, 0.05) is 18.7 Å². The molecule has 0 N–H and O–H groups in total. The van der Waals surface area contributed by atoms with Gasteiger partial charge in [0.25, 0.3) is 11.6 Å². The summed E-state index contributed by atoms with van der Waals surface area (Å²) in [7, 11) is 1.48. The molecule has 0 heterocycles. The van der Waals surface area contributed by atoms with Gasteiger partial charge in [0.15, 0.2) is 0 Å². The van der Waals surface area contributed by atoms with Crippen molar-refractivity contribution in [3.63, 3.8) is 0 Å². The molecule has 18 heavy (non-hydrogen) atoms. The second kappa shape index (κ2) is 5.47. The van der Waals surface area contributed by atoms with Crippen LogP contribution in [0.2, 0.25) is 5.02 Å². The maximum Gasteiger partial charge on any atom is 0.287 e. The molecule has 0 saturated heterocycles. The second-order valence-electron chi connectivity index (χ2n) is 3.64. The molecule has 1 amide bonds. The van der Waals surface area contributed by atoms with E-state index < -0.39 is 16.9 Å². The fourth-order valence-corrected chi connectivity index (χ4v) is 1.50. The minimum Gasteiger partial charge on any atom is -0.326 e. The average Bonchev–Trinajstić information content (AvgIpc) is 2.35. The number of carbonyl (C=O) groups is 1. The van der Waals surface area contributed by atoms with Gasteiger partial charge in [0.05, 0.1) is 11.0 Å². The van der Waals surface area contributed by atoms with Gasteiger partial charge in [-0.2, -0.15) is 5.26 Å². The van der Waals surface area contributed by atoms with Gasteiger partial charge in [-0.05, 0) is 19.1 Å². The fraction of sp³-hybridized carbons (Fsp3) is 0.273. The summed E-state index contributed by atoms with van der Waals surface area (Å²) in [5.74, 6) is -0.416. The number of nitrogens with zero attached hydrogens (tertiary/aromatic N) is 3. The number of halogens is 1. The first-order valence-corrected chi connectivity index (χ1v) is 5.37. The molecule has 0 aromatic heterocycles. The van der Waals surface area contributed by atoms with Gasteiger partial charge >= 0.3 is 0 Å². The van der Waals surface area contributed by atoms with Crippen LogP contribution in [0, 0.1) is 21.4 Å². The number of hydrogen-bond donors (Lipinski definition) is 0. The van der Waals surface area contributed by atoms with Crippen molar-refractivity contribution in [3.05, 3.63) is 38.9 Å². The average molecular weight is 268 g/mol. The Balaban J connectivity index is 3.06. The summed E-state index contributed by atoms with van der Waals surface area (Å²) in [6, 6.07) is 5.04. The third kappa shape index (κ3) is 2.76. The van der Waals surface area contributed by atoms with Gasteiger partial charge < -0.3 is 4.90 Å². The van der Waals surface area contributed by atoms with Crippen LogP contribution in [0.25, 0.3) is 0 Å². The standard InChI is InChI=1S/C11H10ClN3O3/c1-7(6-13)14(2)11(16)8-3-4-10(15(17)18)9(12)5-8/h3-5,7H,1-2H3. The van der Waals surface area contributed by atoms with Crippen LogP contribution in [-0.4, -0.2) is 28.8 Å². The lowest BCUT2D eigenvalue weighted by Crippen LogP contribution is -2.34. The van der Waals surface area contributed by atoms with Crippen LogP contribution < -0.4 is 0 Å². The maximum atomic E-state index is 11.9. The van der Waals surface area contributed by atoms with E-state index in [1.807, 2.05) is 6.07 Å².